The second kappa shape index (κ2) is 5.30. The Morgan fingerprint density at radius 1 is 1.30 bits per heavy atom. The molecule has 0 bridgehead atoms. The number of H-pyrrole nitrogens is 1. The van der Waals surface area contributed by atoms with Crippen LogP contribution in [0, 0.1) is 6.92 Å². The molecule has 0 unspecified atom stereocenters. The molecule has 3 rings (SSSR count). The number of para-hydroxylation sites is 1. The number of aryl methyl sites for hydroxylation is 1. The lowest BCUT2D eigenvalue weighted by Gasteiger charge is -2.05. The lowest BCUT2D eigenvalue weighted by molar-refractivity contribution is 0.311. The van der Waals surface area contributed by atoms with Gasteiger partial charge in [-0.15, -0.1) is 0 Å². The van der Waals surface area contributed by atoms with E-state index in [2.05, 4.69) is 39.3 Å². The number of nitrogens with zero attached hydrogens (tertiary/aromatic N) is 2. The van der Waals surface area contributed by atoms with Crippen molar-refractivity contribution in [2.45, 2.75) is 6.92 Å². The predicted octanol–water partition coefficient (Wildman–Crippen LogP) is 2.34. The van der Waals surface area contributed by atoms with Crippen LogP contribution >= 0.6 is 0 Å². The zero-order valence-electron chi connectivity index (χ0n) is 11.2. The number of benzene rings is 1. The number of anilines is 1. The van der Waals surface area contributed by atoms with Crippen molar-refractivity contribution in [2.75, 3.05) is 18.5 Å². The van der Waals surface area contributed by atoms with Crippen LogP contribution in [-0.2, 0) is 0 Å². The van der Waals surface area contributed by atoms with Crippen molar-refractivity contribution < 1.29 is 5.11 Å². The first-order valence-corrected chi connectivity index (χ1v) is 6.53. The van der Waals surface area contributed by atoms with Crippen molar-refractivity contribution in [2.24, 2.45) is 0 Å². The fraction of sp³-hybridized carbons (Fsp3) is 0.200. The van der Waals surface area contributed by atoms with Crippen molar-refractivity contribution in [3.05, 3.63) is 42.4 Å². The van der Waals surface area contributed by atoms with Crippen LogP contribution in [0.4, 0.5) is 5.82 Å². The average Bonchev–Trinajstić information content (AvgIpc) is 2.91. The molecule has 102 valence electrons. The minimum absolute atomic E-state index is 0.0750. The zero-order valence-corrected chi connectivity index (χ0v) is 11.2. The van der Waals surface area contributed by atoms with E-state index in [1.54, 1.807) is 0 Å². The van der Waals surface area contributed by atoms with Gasteiger partial charge in [-0.05, 0) is 12.5 Å². The molecule has 20 heavy (non-hydrogen) atoms. The molecule has 0 aliphatic carbocycles. The first kappa shape index (κ1) is 12.6. The molecule has 0 amide bonds. The Morgan fingerprint density at radius 3 is 3.05 bits per heavy atom. The van der Waals surface area contributed by atoms with E-state index in [0.717, 1.165) is 22.2 Å². The van der Waals surface area contributed by atoms with Crippen LogP contribution in [0.25, 0.3) is 22.2 Å². The van der Waals surface area contributed by atoms with Crippen molar-refractivity contribution in [3.8, 4) is 11.3 Å². The molecule has 0 aliphatic heterocycles. The molecule has 2 heterocycles. The second-order valence-electron chi connectivity index (χ2n) is 4.64. The van der Waals surface area contributed by atoms with E-state index in [9.17, 15) is 0 Å². The van der Waals surface area contributed by atoms with Crippen LogP contribution in [0.15, 0.2) is 36.8 Å². The van der Waals surface area contributed by atoms with Gasteiger partial charge in [0.1, 0.15) is 12.1 Å². The molecule has 0 saturated heterocycles. The summed E-state index contributed by atoms with van der Waals surface area (Å²) in [5.74, 6) is 0.714. The third-order valence-corrected chi connectivity index (χ3v) is 3.28. The summed E-state index contributed by atoms with van der Waals surface area (Å²) in [6.45, 7) is 2.63. The van der Waals surface area contributed by atoms with Crippen molar-refractivity contribution >= 4 is 16.7 Å². The van der Waals surface area contributed by atoms with Crippen molar-refractivity contribution in [1.82, 2.24) is 15.0 Å². The van der Waals surface area contributed by atoms with E-state index < -0.39 is 0 Å². The van der Waals surface area contributed by atoms with Crippen molar-refractivity contribution in [1.29, 1.82) is 0 Å². The topological polar surface area (TPSA) is 73.8 Å². The Kier molecular flexibility index (Phi) is 3.35. The standard InChI is InChI=1S/C15H16N4O/c1-10-3-2-4-11-12(8-17-15(10)11)13-7-14(16-5-6-20)19-9-18-13/h2-4,7-9,17,20H,5-6H2,1H3,(H,16,18,19). The van der Waals surface area contributed by atoms with Crippen LogP contribution in [0.3, 0.4) is 0 Å². The third kappa shape index (κ3) is 2.23. The SMILES string of the molecule is Cc1cccc2c(-c3cc(NCCO)ncn3)c[nH]c12. The quantitative estimate of drug-likeness (QED) is 0.679. The number of aromatic amines is 1. The Hall–Kier alpha value is -2.40. The molecular weight excluding hydrogens is 252 g/mol. The first-order chi connectivity index (χ1) is 9.79. The van der Waals surface area contributed by atoms with Gasteiger partial charge in [-0.2, -0.15) is 0 Å². The van der Waals surface area contributed by atoms with Gasteiger partial charge in [0, 0.05) is 35.3 Å². The molecule has 0 atom stereocenters. The summed E-state index contributed by atoms with van der Waals surface area (Å²) in [4.78, 5) is 11.8. The number of fused-ring (bicyclic) bond motifs is 1. The summed E-state index contributed by atoms with van der Waals surface area (Å²) >= 11 is 0. The second-order valence-corrected chi connectivity index (χ2v) is 4.64. The Bertz CT molecular complexity index is 736. The zero-order chi connectivity index (χ0) is 13.9. The summed E-state index contributed by atoms with van der Waals surface area (Å²) in [7, 11) is 0. The summed E-state index contributed by atoms with van der Waals surface area (Å²) < 4.78 is 0. The maximum atomic E-state index is 8.84. The number of aliphatic hydroxyl groups excluding tert-OH is 1. The summed E-state index contributed by atoms with van der Waals surface area (Å²) in [5, 5.41) is 13.0. The van der Waals surface area contributed by atoms with Gasteiger partial charge in [-0.1, -0.05) is 18.2 Å². The lowest BCUT2D eigenvalue weighted by atomic mass is 10.1. The van der Waals surface area contributed by atoms with Crippen molar-refractivity contribution in [3.63, 3.8) is 0 Å². The van der Waals surface area contributed by atoms with Gasteiger partial charge in [0.05, 0.1) is 12.3 Å². The highest BCUT2D eigenvalue weighted by molar-refractivity contribution is 5.96. The smallest absolute Gasteiger partial charge is 0.130 e. The van der Waals surface area contributed by atoms with Crippen LogP contribution in [-0.4, -0.2) is 33.2 Å². The Labute approximate surface area is 116 Å². The number of aliphatic hydroxyl groups is 1. The van der Waals surface area contributed by atoms with Crippen LogP contribution in [0.2, 0.25) is 0 Å². The minimum Gasteiger partial charge on any atom is -0.395 e. The fourth-order valence-electron chi connectivity index (χ4n) is 2.30. The number of rotatable bonds is 4. The molecule has 0 spiro atoms. The van der Waals surface area contributed by atoms with E-state index in [4.69, 9.17) is 5.11 Å². The van der Waals surface area contributed by atoms with E-state index in [1.165, 1.54) is 11.9 Å². The molecule has 0 radical (unpaired) electrons. The van der Waals surface area contributed by atoms with Gasteiger partial charge >= 0.3 is 0 Å². The number of hydrogen-bond acceptors (Lipinski definition) is 4. The number of nitrogens with one attached hydrogen (secondary N) is 2. The van der Waals surface area contributed by atoms with Crippen LogP contribution < -0.4 is 5.32 Å². The highest BCUT2D eigenvalue weighted by Gasteiger charge is 2.09. The Balaban J connectivity index is 2.05. The summed E-state index contributed by atoms with van der Waals surface area (Å²) in [6, 6.07) is 8.09. The molecule has 0 fully saturated rings. The monoisotopic (exact) mass is 268 g/mol. The highest BCUT2D eigenvalue weighted by atomic mass is 16.3. The molecule has 3 aromatic rings. The molecular formula is C15H16N4O. The summed E-state index contributed by atoms with van der Waals surface area (Å²) in [5.41, 5.74) is 4.25. The molecule has 1 aromatic carbocycles. The third-order valence-electron chi connectivity index (χ3n) is 3.28. The average molecular weight is 268 g/mol. The van der Waals surface area contributed by atoms with E-state index in [-0.39, 0.29) is 6.61 Å². The van der Waals surface area contributed by atoms with Gasteiger partial charge in [0.15, 0.2) is 0 Å². The first-order valence-electron chi connectivity index (χ1n) is 6.53. The molecule has 5 nitrogen and oxygen atoms in total. The summed E-state index contributed by atoms with van der Waals surface area (Å²) in [6.07, 6.45) is 3.50. The maximum absolute atomic E-state index is 8.84. The molecule has 2 aromatic heterocycles. The Morgan fingerprint density at radius 2 is 2.20 bits per heavy atom. The van der Waals surface area contributed by atoms with E-state index in [1.807, 2.05) is 18.3 Å². The van der Waals surface area contributed by atoms with Crippen LogP contribution in [0.5, 0.6) is 0 Å². The van der Waals surface area contributed by atoms with Gasteiger partial charge < -0.3 is 15.4 Å². The molecule has 0 saturated carbocycles. The van der Waals surface area contributed by atoms with Crippen LogP contribution in [0.1, 0.15) is 5.56 Å². The largest absolute Gasteiger partial charge is 0.395 e. The molecule has 5 heteroatoms. The van der Waals surface area contributed by atoms with Gasteiger partial charge in [-0.25, -0.2) is 9.97 Å². The minimum atomic E-state index is 0.0750. The maximum Gasteiger partial charge on any atom is 0.130 e. The number of hydrogen-bond donors (Lipinski definition) is 3. The van der Waals surface area contributed by atoms with E-state index in [0.29, 0.717) is 12.4 Å². The van der Waals surface area contributed by atoms with Gasteiger partial charge in [0.2, 0.25) is 0 Å². The van der Waals surface area contributed by atoms with Gasteiger partial charge in [-0.3, -0.25) is 0 Å². The van der Waals surface area contributed by atoms with E-state index >= 15 is 0 Å². The lowest BCUT2D eigenvalue weighted by Crippen LogP contribution is -2.07. The molecule has 0 aliphatic rings. The highest BCUT2D eigenvalue weighted by Crippen LogP contribution is 2.29. The normalized spacial score (nSPS) is 10.9. The van der Waals surface area contributed by atoms with Gasteiger partial charge in [0.25, 0.3) is 0 Å². The number of aromatic nitrogens is 3. The fourth-order valence-corrected chi connectivity index (χ4v) is 2.30. The molecule has 3 N–H and O–H groups in total. The predicted molar refractivity (Wildman–Crippen MR) is 79.6 cm³/mol.